The van der Waals surface area contributed by atoms with Gasteiger partial charge in [0.25, 0.3) is 0 Å². The zero-order valence-electron chi connectivity index (χ0n) is 18.7. The molecular formula is C24H34N2O3S. The van der Waals surface area contributed by atoms with E-state index in [0.717, 1.165) is 16.8 Å². The maximum absolute atomic E-state index is 13.0. The van der Waals surface area contributed by atoms with E-state index in [9.17, 15) is 13.2 Å². The zero-order valence-corrected chi connectivity index (χ0v) is 19.6. The van der Waals surface area contributed by atoms with Crippen molar-refractivity contribution in [1.82, 2.24) is 9.62 Å². The third kappa shape index (κ3) is 5.49. The molecule has 0 radical (unpaired) electrons. The molecule has 1 aliphatic heterocycles. The lowest BCUT2D eigenvalue weighted by Gasteiger charge is -2.37. The van der Waals surface area contributed by atoms with Crippen LogP contribution in [0.5, 0.6) is 0 Å². The highest BCUT2D eigenvalue weighted by molar-refractivity contribution is 7.89. The lowest BCUT2D eigenvalue weighted by Crippen LogP contribution is -2.48. The second-order valence-electron chi connectivity index (χ2n) is 8.49. The summed E-state index contributed by atoms with van der Waals surface area (Å²) in [6, 6.07) is 7.01. The normalized spacial score (nSPS) is 18.0. The molecule has 5 nitrogen and oxygen atoms in total. The van der Waals surface area contributed by atoms with Crippen molar-refractivity contribution in [2.75, 3.05) is 13.1 Å². The van der Waals surface area contributed by atoms with E-state index in [0.29, 0.717) is 36.7 Å². The fourth-order valence-corrected chi connectivity index (χ4v) is 4.98. The average molecular weight is 431 g/mol. The summed E-state index contributed by atoms with van der Waals surface area (Å²) in [6.45, 7) is 14.4. The summed E-state index contributed by atoms with van der Waals surface area (Å²) < 4.78 is 27.5. The molecule has 30 heavy (non-hydrogen) atoms. The van der Waals surface area contributed by atoms with Gasteiger partial charge < -0.3 is 5.32 Å². The summed E-state index contributed by atoms with van der Waals surface area (Å²) in [5.74, 6) is 0.260. The summed E-state index contributed by atoms with van der Waals surface area (Å²) in [7, 11) is -3.55. The van der Waals surface area contributed by atoms with Gasteiger partial charge in [-0.25, -0.2) is 8.42 Å². The van der Waals surface area contributed by atoms with E-state index in [-0.39, 0.29) is 5.91 Å². The zero-order chi connectivity index (χ0) is 22.5. The smallest absolute Gasteiger partial charge is 0.243 e. The Balaban J connectivity index is 2.06. The third-order valence-corrected chi connectivity index (χ3v) is 7.93. The minimum Gasteiger partial charge on any atom is -0.326 e. The number of amides is 1. The molecule has 1 saturated heterocycles. The number of piperidine rings is 1. The number of allylic oxidation sites excluding steroid dienone is 4. The summed E-state index contributed by atoms with van der Waals surface area (Å²) in [6.07, 6.45) is 6.58. The maximum Gasteiger partial charge on any atom is 0.243 e. The number of carbonyl (C=O) groups excluding carboxylic acids is 1. The van der Waals surface area contributed by atoms with Crippen LogP contribution in [0.1, 0.15) is 46.1 Å². The van der Waals surface area contributed by atoms with E-state index in [1.54, 1.807) is 25.1 Å². The number of nitrogens with one attached hydrogen (secondary N) is 1. The van der Waals surface area contributed by atoms with Gasteiger partial charge in [0.05, 0.1) is 4.90 Å². The first-order chi connectivity index (χ1) is 14.0. The van der Waals surface area contributed by atoms with Crippen LogP contribution < -0.4 is 5.32 Å². The first kappa shape index (κ1) is 24.1. The Bertz CT molecular complexity index is 950. The van der Waals surface area contributed by atoms with Gasteiger partial charge in [0.1, 0.15) is 0 Å². The number of nitrogens with zero attached hydrogens (tertiary/aromatic N) is 1. The fraction of sp³-hybridized carbons (Fsp3) is 0.458. The van der Waals surface area contributed by atoms with Crippen LogP contribution in [0.3, 0.4) is 0 Å². The molecule has 1 N–H and O–H groups in total. The summed E-state index contributed by atoms with van der Waals surface area (Å²) >= 11 is 0. The Morgan fingerprint density at radius 3 is 2.33 bits per heavy atom. The molecule has 0 atom stereocenters. The molecule has 0 spiro atoms. The van der Waals surface area contributed by atoms with Crippen LogP contribution in [0, 0.1) is 18.3 Å². The quantitative estimate of drug-likeness (QED) is 0.644. The van der Waals surface area contributed by atoms with Gasteiger partial charge in [-0.3, -0.25) is 4.79 Å². The Hall–Kier alpha value is -2.18. The predicted octanol–water partition coefficient (Wildman–Crippen LogP) is 4.57. The van der Waals surface area contributed by atoms with Crippen molar-refractivity contribution >= 4 is 15.9 Å². The van der Waals surface area contributed by atoms with Crippen molar-refractivity contribution in [2.45, 2.75) is 52.4 Å². The number of hydrogen-bond donors (Lipinski definition) is 1. The van der Waals surface area contributed by atoms with Crippen molar-refractivity contribution in [3.8, 4) is 0 Å². The molecule has 0 aromatic heterocycles. The van der Waals surface area contributed by atoms with E-state index in [4.69, 9.17) is 0 Å². The number of rotatable bonds is 7. The first-order valence-electron chi connectivity index (χ1n) is 10.4. The second kappa shape index (κ2) is 9.75. The van der Waals surface area contributed by atoms with Gasteiger partial charge in [0.15, 0.2) is 0 Å². The first-order valence-corrected chi connectivity index (χ1v) is 11.9. The molecule has 0 aliphatic carbocycles. The number of hydrogen-bond acceptors (Lipinski definition) is 3. The summed E-state index contributed by atoms with van der Waals surface area (Å²) in [5, 5.41) is 2.99. The van der Waals surface area contributed by atoms with Crippen LogP contribution in [0.4, 0.5) is 0 Å². The molecule has 164 valence electrons. The molecule has 2 rings (SSSR count). The number of benzene rings is 1. The molecule has 1 aromatic rings. The third-order valence-electron chi connectivity index (χ3n) is 5.87. The highest BCUT2D eigenvalue weighted by atomic mass is 32.2. The van der Waals surface area contributed by atoms with E-state index < -0.39 is 15.4 Å². The van der Waals surface area contributed by atoms with Crippen LogP contribution in [0.2, 0.25) is 0 Å². The molecule has 1 heterocycles. The SMILES string of the molecule is C=C(/C=C\C(=C/C)NC(=O)C1(C)CCN(S(=O)(=O)c2ccccc2C)CC1)C(C)C. The molecule has 1 aromatic carbocycles. The van der Waals surface area contributed by atoms with Crippen LogP contribution in [-0.2, 0) is 14.8 Å². The molecule has 1 fully saturated rings. The summed E-state index contributed by atoms with van der Waals surface area (Å²) in [5.41, 5.74) is 1.83. The highest BCUT2D eigenvalue weighted by Gasteiger charge is 2.40. The van der Waals surface area contributed by atoms with Crippen LogP contribution >= 0.6 is 0 Å². The minimum absolute atomic E-state index is 0.0802. The van der Waals surface area contributed by atoms with Gasteiger partial charge in [-0.1, -0.05) is 63.3 Å². The van der Waals surface area contributed by atoms with Gasteiger partial charge in [0, 0.05) is 24.2 Å². The molecule has 6 heteroatoms. The topological polar surface area (TPSA) is 66.5 Å². The van der Waals surface area contributed by atoms with Gasteiger partial charge in [-0.2, -0.15) is 4.31 Å². The van der Waals surface area contributed by atoms with E-state index in [1.807, 2.05) is 38.1 Å². The van der Waals surface area contributed by atoms with Crippen LogP contribution in [-0.4, -0.2) is 31.7 Å². The second-order valence-corrected chi connectivity index (χ2v) is 10.4. The predicted molar refractivity (Wildman–Crippen MR) is 122 cm³/mol. The summed E-state index contributed by atoms with van der Waals surface area (Å²) in [4.78, 5) is 13.3. The van der Waals surface area contributed by atoms with Crippen LogP contribution in [0.25, 0.3) is 0 Å². The van der Waals surface area contributed by atoms with Gasteiger partial charge in [-0.05, 0) is 50.3 Å². The Kier molecular flexibility index (Phi) is 7.83. The molecular weight excluding hydrogens is 396 g/mol. The van der Waals surface area contributed by atoms with E-state index in [2.05, 4.69) is 25.7 Å². The van der Waals surface area contributed by atoms with Gasteiger partial charge >= 0.3 is 0 Å². The van der Waals surface area contributed by atoms with Crippen molar-refractivity contribution in [2.24, 2.45) is 11.3 Å². The standard InChI is InChI=1S/C24H34N2O3S/c1-7-21(13-12-19(4)18(2)3)25-23(27)24(6)14-16-26(17-15-24)30(28,29)22-11-9-8-10-20(22)5/h7-13,18H,4,14-17H2,1-3,5-6H3,(H,25,27)/b13-12-,21-7+. The molecule has 0 saturated carbocycles. The maximum atomic E-state index is 13.0. The lowest BCUT2D eigenvalue weighted by molar-refractivity contribution is -0.131. The largest absolute Gasteiger partial charge is 0.326 e. The van der Waals surface area contributed by atoms with Crippen molar-refractivity contribution < 1.29 is 13.2 Å². The van der Waals surface area contributed by atoms with Crippen molar-refractivity contribution in [3.05, 3.63) is 65.9 Å². The van der Waals surface area contributed by atoms with Gasteiger partial charge in [0.2, 0.25) is 15.9 Å². The Morgan fingerprint density at radius 2 is 1.80 bits per heavy atom. The Morgan fingerprint density at radius 1 is 1.20 bits per heavy atom. The Labute approximate surface area is 181 Å². The molecule has 1 amide bonds. The fourth-order valence-electron chi connectivity index (χ4n) is 3.31. The van der Waals surface area contributed by atoms with Gasteiger partial charge in [-0.15, -0.1) is 0 Å². The molecule has 0 unspecified atom stereocenters. The van der Waals surface area contributed by atoms with E-state index >= 15 is 0 Å². The highest BCUT2D eigenvalue weighted by Crippen LogP contribution is 2.34. The average Bonchev–Trinajstić information content (AvgIpc) is 2.71. The lowest BCUT2D eigenvalue weighted by atomic mass is 9.80. The minimum atomic E-state index is -3.55. The van der Waals surface area contributed by atoms with Crippen LogP contribution in [0.15, 0.2) is 65.2 Å². The number of carbonyl (C=O) groups is 1. The monoisotopic (exact) mass is 430 g/mol. The van der Waals surface area contributed by atoms with E-state index in [1.165, 1.54) is 4.31 Å². The number of aryl methyl sites for hydroxylation is 1. The number of sulfonamides is 1. The van der Waals surface area contributed by atoms with Crippen molar-refractivity contribution in [3.63, 3.8) is 0 Å². The van der Waals surface area contributed by atoms with Crippen molar-refractivity contribution in [1.29, 1.82) is 0 Å². The molecule has 1 aliphatic rings. The molecule has 0 bridgehead atoms.